The quantitative estimate of drug-likeness (QED) is 0.765. The third kappa shape index (κ3) is 3.43. The fraction of sp³-hybridized carbons (Fsp3) is 0.909. The maximum absolute atomic E-state index is 11.0. The van der Waals surface area contributed by atoms with Crippen molar-refractivity contribution in [1.82, 2.24) is 0 Å². The van der Waals surface area contributed by atoms with Gasteiger partial charge in [0.15, 0.2) is 0 Å². The van der Waals surface area contributed by atoms with Gasteiger partial charge in [-0.05, 0) is 12.0 Å². The molecule has 0 saturated carbocycles. The fourth-order valence-electron chi connectivity index (χ4n) is 4.18. The SMILES string of the molecule is C[Si]1(C)CC(CN)(CC(=O)O)C[Si](C)(C)C1. The van der Waals surface area contributed by atoms with E-state index < -0.39 is 22.1 Å². The lowest BCUT2D eigenvalue weighted by molar-refractivity contribution is -0.139. The standard InChI is InChI=1S/C11H25NO2Si2/c1-15(2)7-11(6-12,5-10(13)14)8-16(3,4)9-15/h5-9,12H2,1-4H3,(H,13,14). The minimum absolute atomic E-state index is 0.0878. The van der Waals surface area contributed by atoms with E-state index in [1.54, 1.807) is 0 Å². The van der Waals surface area contributed by atoms with Crippen molar-refractivity contribution < 1.29 is 9.90 Å². The number of hydrogen-bond acceptors (Lipinski definition) is 2. The van der Waals surface area contributed by atoms with Crippen LogP contribution >= 0.6 is 0 Å². The van der Waals surface area contributed by atoms with Crippen LogP contribution in [0, 0.1) is 5.41 Å². The second-order valence-corrected chi connectivity index (χ2v) is 17.9. The van der Waals surface area contributed by atoms with Gasteiger partial charge in [0.1, 0.15) is 0 Å². The maximum Gasteiger partial charge on any atom is 0.303 e. The van der Waals surface area contributed by atoms with Gasteiger partial charge in [-0.1, -0.05) is 43.9 Å². The van der Waals surface area contributed by atoms with Crippen LogP contribution in [0.4, 0.5) is 0 Å². The number of rotatable bonds is 3. The Labute approximate surface area is 100 Å². The molecule has 0 radical (unpaired) electrons. The van der Waals surface area contributed by atoms with Gasteiger partial charge in [-0.15, -0.1) is 0 Å². The minimum atomic E-state index is -1.23. The molecule has 1 aliphatic heterocycles. The molecule has 0 amide bonds. The summed E-state index contributed by atoms with van der Waals surface area (Å²) >= 11 is 0. The van der Waals surface area contributed by atoms with E-state index in [1.165, 1.54) is 5.67 Å². The molecule has 0 atom stereocenters. The summed E-state index contributed by atoms with van der Waals surface area (Å²) in [7, 11) is -2.46. The first-order valence-electron chi connectivity index (χ1n) is 6.02. The Kier molecular flexibility index (Phi) is 3.72. The lowest BCUT2D eigenvalue weighted by atomic mass is 9.89. The first-order chi connectivity index (χ1) is 7.10. The highest BCUT2D eigenvalue weighted by atomic mass is 28.4. The van der Waals surface area contributed by atoms with E-state index in [4.69, 9.17) is 10.8 Å². The van der Waals surface area contributed by atoms with Crippen LogP contribution < -0.4 is 5.73 Å². The highest BCUT2D eigenvalue weighted by Gasteiger charge is 2.49. The van der Waals surface area contributed by atoms with E-state index >= 15 is 0 Å². The Morgan fingerprint density at radius 1 is 1.25 bits per heavy atom. The molecule has 1 saturated heterocycles. The second kappa shape index (κ2) is 4.27. The van der Waals surface area contributed by atoms with Gasteiger partial charge < -0.3 is 10.8 Å². The van der Waals surface area contributed by atoms with E-state index in [9.17, 15) is 4.79 Å². The molecule has 1 heterocycles. The zero-order chi connectivity index (χ0) is 12.6. The van der Waals surface area contributed by atoms with Crippen molar-refractivity contribution in [1.29, 1.82) is 0 Å². The molecule has 0 aromatic heterocycles. The van der Waals surface area contributed by atoms with Gasteiger partial charge in [0.25, 0.3) is 0 Å². The molecule has 94 valence electrons. The fourth-order valence-corrected chi connectivity index (χ4v) is 20.6. The highest BCUT2D eigenvalue weighted by molar-refractivity contribution is 6.96. The van der Waals surface area contributed by atoms with Gasteiger partial charge in [-0.2, -0.15) is 0 Å². The molecule has 0 aromatic carbocycles. The van der Waals surface area contributed by atoms with Crippen molar-refractivity contribution in [2.24, 2.45) is 11.1 Å². The second-order valence-electron chi connectivity index (χ2n) is 7.13. The number of carboxylic acids is 1. The smallest absolute Gasteiger partial charge is 0.303 e. The molecule has 0 aromatic rings. The van der Waals surface area contributed by atoms with E-state index in [1.807, 2.05) is 0 Å². The molecule has 3 nitrogen and oxygen atoms in total. The normalized spacial score (nSPS) is 26.3. The highest BCUT2D eigenvalue weighted by Crippen LogP contribution is 2.48. The van der Waals surface area contributed by atoms with Crippen molar-refractivity contribution in [3.8, 4) is 0 Å². The molecule has 1 fully saturated rings. The van der Waals surface area contributed by atoms with Crippen molar-refractivity contribution in [3.05, 3.63) is 0 Å². The van der Waals surface area contributed by atoms with Gasteiger partial charge in [0, 0.05) is 16.1 Å². The largest absolute Gasteiger partial charge is 0.481 e. The number of hydrogen-bond donors (Lipinski definition) is 2. The Hall–Kier alpha value is -0.136. The first kappa shape index (κ1) is 13.9. The van der Waals surface area contributed by atoms with E-state index in [0.29, 0.717) is 6.54 Å². The maximum atomic E-state index is 11.0. The van der Waals surface area contributed by atoms with Crippen LogP contribution in [0.25, 0.3) is 0 Å². The van der Waals surface area contributed by atoms with Crippen LogP contribution in [0.5, 0.6) is 0 Å². The molecule has 0 unspecified atom stereocenters. The van der Waals surface area contributed by atoms with Crippen molar-refractivity contribution in [3.63, 3.8) is 0 Å². The minimum Gasteiger partial charge on any atom is -0.481 e. The van der Waals surface area contributed by atoms with Gasteiger partial charge >= 0.3 is 5.97 Å². The molecule has 16 heavy (non-hydrogen) atoms. The number of carboxylic acid groups (broad SMARTS) is 1. The van der Waals surface area contributed by atoms with Crippen LogP contribution in [-0.2, 0) is 4.79 Å². The van der Waals surface area contributed by atoms with Crippen LogP contribution in [0.1, 0.15) is 6.42 Å². The first-order valence-corrected chi connectivity index (χ1v) is 12.8. The molecule has 1 aliphatic rings. The molecule has 0 spiro atoms. The predicted octanol–water partition coefficient (Wildman–Crippen LogP) is 2.38. The van der Waals surface area contributed by atoms with Crippen molar-refractivity contribution in [2.75, 3.05) is 6.54 Å². The molecule has 0 aliphatic carbocycles. The molecule has 3 N–H and O–H groups in total. The number of carbonyl (C=O) groups is 1. The molecule has 1 rings (SSSR count). The van der Waals surface area contributed by atoms with Crippen molar-refractivity contribution in [2.45, 2.75) is 50.4 Å². The van der Waals surface area contributed by atoms with E-state index in [0.717, 1.165) is 12.1 Å². The summed E-state index contributed by atoms with van der Waals surface area (Å²) in [6.07, 6.45) is 0.274. The van der Waals surface area contributed by atoms with Crippen LogP contribution in [0.15, 0.2) is 0 Å². The Balaban J connectivity index is 2.96. The van der Waals surface area contributed by atoms with E-state index in [2.05, 4.69) is 26.2 Å². The summed E-state index contributed by atoms with van der Waals surface area (Å²) in [5.41, 5.74) is 7.24. The summed E-state index contributed by atoms with van der Waals surface area (Å²) < 4.78 is 0. The summed E-state index contributed by atoms with van der Waals surface area (Å²) in [5.74, 6) is -0.679. The lowest BCUT2D eigenvalue weighted by Gasteiger charge is -2.49. The topological polar surface area (TPSA) is 63.3 Å². The van der Waals surface area contributed by atoms with Crippen LogP contribution in [0.3, 0.4) is 0 Å². The molecular formula is C11H25NO2Si2. The Morgan fingerprint density at radius 3 is 2.00 bits per heavy atom. The third-order valence-corrected chi connectivity index (χ3v) is 14.7. The average Bonchev–Trinajstić information content (AvgIpc) is 1.96. The van der Waals surface area contributed by atoms with Crippen molar-refractivity contribution >= 4 is 22.1 Å². The summed E-state index contributed by atoms with van der Waals surface area (Å²) in [4.78, 5) is 11.0. The monoisotopic (exact) mass is 259 g/mol. The summed E-state index contributed by atoms with van der Waals surface area (Å²) in [6, 6.07) is 2.19. The van der Waals surface area contributed by atoms with Gasteiger partial charge in [0.2, 0.25) is 0 Å². The lowest BCUT2D eigenvalue weighted by Crippen LogP contribution is -2.54. The van der Waals surface area contributed by atoms with Gasteiger partial charge in [0.05, 0.1) is 6.42 Å². The molecular weight excluding hydrogens is 234 g/mol. The third-order valence-electron chi connectivity index (χ3n) is 3.62. The summed E-state index contributed by atoms with van der Waals surface area (Å²) in [5, 5.41) is 9.08. The van der Waals surface area contributed by atoms with E-state index in [-0.39, 0.29) is 11.8 Å². The molecule has 5 heteroatoms. The van der Waals surface area contributed by atoms with Crippen LogP contribution in [-0.4, -0.2) is 33.8 Å². The average molecular weight is 259 g/mol. The van der Waals surface area contributed by atoms with Crippen LogP contribution in [0.2, 0.25) is 43.9 Å². The Bertz CT molecular complexity index is 274. The number of aliphatic carboxylic acids is 1. The predicted molar refractivity (Wildman–Crippen MR) is 73.1 cm³/mol. The zero-order valence-corrected chi connectivity index (χ0v) is 13.0. The van der Waals surface area contributed by atoms with Gasteiger partial charge in [-0.3, -0.25) is 4.79 Å². The van der Waals surface area contributed by atoms with Gasteiger partial charge in [-0.25, -0.2) is 0 Å². The zero-order valence-electron chi connectivity index (χ0n) is 11.0. The Morgan fingerprint density at radius 2 is 1.69 bits per heavy atom. The molecule has 0 bridgehead atoms. The summed E-state index contributed by atoms with van der Waals surface area (Å²) in [6.45, 7) is 10.1. The number of nitrogens with two attached hydrogens (primary N) is 1.